The van der Waals surface area contributed by atoms with E-state index in [0.29, 0.717) is 17.5 Å². The number of nitrogens with zero attached hydrogens (tertiary/aromatic N) is 1. The van der Waals surface area contributed by atoms with E-state index in [0.717, 1.165) is 5.69 Å². The highest BCUT2D eigenvalue weighted by molar-refractivity contribution is 6.33. The van der Waals surface area contributed by atoms with E-state index in [1.807, 2.05) is 0 Å². The Morgan fingerprint density at radius 1 is 1.47 bits per heavy atom. The number of nitro groups is 1. The molecule has 0 bridgehead atoms. The van der Waals surface area contributed by atoms with Gasteiger partial charge in [0.05, 0.1) is 15.6 Å². The molecule has 6 heteroatoms. The van der Waals surface area contributed by atoms with Crippen LogP contribution in [0, 0.1) is 16.0 Å². The third-order valence-electron chi connectivity index (χ3n) is 3.73. The van der Waals surface area contributed by atoms with E-state index in [-0.39, 0.29) is 11.7 Å². The summed E-state index contributed by atoms with van der Waals surface area (Å²) in [5.74, 6) is 0.566. The van der Waals surface area contributed by atoms with Gasteiger partial charge in [-0.25, -0.2) is 0 Å². The third-order valence-corrected chi connectivity index (χ3v) is 4.04. The van der Waals surface area contributed by atoms with Crippen molar-refractivity contribution in [2.24, 2.45) is 11.7 Å². The van der Waals surface area contributed by atoms with E-state index in [9.17, 15) is 10.1 Å². The van der Waals surface area contributed by atoms with Crippen LogP contribution in [0.1, 0.15) is 25.7 Å². The van der Waals surface area contributed by atoms with Crippen LogP contribution < -0.4 is 11.1 Å². The Morgan fingerprint density at radius 3 is 2.68 bits per heavy atom. The van der Waals surface area contributed by atoms with E-state index in [1.54, 1.807) is 6.07 Å². The largest absolute Gasteiger partial charge is 0.380 e. The number of halogens is 1. The van der Waals surface area contributed by atoms with Gasteiger partial charge in [-0.15, -0.1) is 0 Å². The number of nitro benzene ring substituents is 1. The molecule has 1 aliphatic rings. The van der Waals surface area contributed by atoms with Gasteiger partial charge < -0.3 is 11.1 Å². The number of non-ortho nitro benzene ring substituents is 1. The van der Waals surface area contributed by atoms with Crippen molar-refractivity contribution in [3.63, 3.8) is 0 Å². The van der Waals surface area contributed by atoms with Crippen molar-refractivity contribution in [2.45, 2.75) is 31.7 Å². The molecule has 1 saturated carbocycles. The highest BCUT2D eigenvalue weighted by Crippen LogP contribution is 2.32. The summed E-state index contributed by atoms with van der Waals surface area (Å²) < 4.78 is 0. The van der Waals surface area contributed by atoms with Crippen LogP contribution in [0.3, 0.4) is 0 Å². The Hall–Kier alpha value is -1.33. The molecule has 1 aromatic rings. The fourth-order valence-electron chi connectivity index (χ4n) is 2.66. The molecule has 0 saturated heterocycles. The van der Waals surface area contributed by atoms with Crippen molar-refractivity contribution in [3.05, 3.63) is 33.3 Å². The summed E-state index contributed by atoms with van der Waals surface area (Å²) >= 11 is 6.07. The van der Waals surface area contributed by atoms with Crippen molar-refractivity contribution in [1.29, 1.82) is 0 Å². The second-order valence-corrected chi connectivity index (χ2v) is 5.36. The fourth-order valence-corrected chi connectivity index (χ4v) is 2.89. The predicted molar refractivity (Wildman–Crippen MR) is 76.5 cm³/mol. The summed E-state index contributed by atoms with van der Waals surface area (Å²) in [7, 11) is 0. The first kappa shape index (κ1) is 14.1. The van der Waals surface area contributed by atoms with E-state index in [2.05, 4.69) is 5.32 Å². The fraction of sp³-hybridized carbons (Fsp3) is 0.538. The zero-order valence-electron chi connectivity index (χ0n) is 10.6. The standard InChI is InChI=1S/C13H18ClN3O2/c14-11-7-10(17(18)19)5-6-12(11)16-13(8-15)9-3-1-2-4-9/h5-7,9,13,16H,1-4,8,15H2. The molecule has 0 radical (unpaired) electrons. The van der Waals surface area contributed by atoms with Crippen molar-refractivity contribution >= 4 is 23.0 Å². The molecule has 0 aromatic heterocycles. The number of nitrogens with two attached hydrogens (primary N) is 1. The maximum atomic E-state index is 10.7. The molecular weight excluding hydrogens is 266 g/mol. The van der Waals surface area contributed by atoms with Crippen molar-refractivity contribution in [2.75, 3.05) is 11.9 Å². The smallest absolute Gasteiger partial charge is 0.271 e. The minimum absolute atomic E-state index is 0.000662. The first-order valence-corrected chi connectivity index (χ1v) is 6.90. The van der Waals surface area contributed by atoms with Gasteiger partial charge in [0.2, 0.25) is 0 Å². The molecule has 1 unspecified atom stereocenters. The number of anilines is 1. The lowest BCUT2D eigenvalue weighted by Gasteiger charge is -2.24. The Kier molecular flexibility index (Phi) is 4.61. The Bertz CT molecular complexity index is 461. The van der Waals surface area contributed by atoms with Gasteiger partial charge in [-0.05, 0) is 24.8 Å². The Labute approximate surface area is 117 Å². The lowest BCUT2D eigenvalue weighted by Crippen LogP contribution is -2.35. The molecule has 1 aliphatic carbocycles. The van der Waals surface area contributed by atoms with Gasteiger partial charge in [-0.1, -0.05) is 24.4 Å². The lowest BCUT2D eigenvalue weighted by atomic mass is 9.98. The Morgan fingerprint density at radius 2 is 2.16 bits per heavy atom. The third kappa shape index (κ3) is 3.36. The van der Waals surface area contributed by atoms with Gasteiger partial charge in [0.25, 0.3) is 5.69 Å². The van der Waals surface area contributed by atoms with Gasteiger partial charge in [0.1, 0.15) is 0 Å². The second-order valence-electron chi connectivity index (χ2n) is 4.95. The maximum Gasteiger partial charge on any atom is 0.271 e. The first-order valence-electron chi connectivity index (χ1n) is 6.52. The van der Waals surface area contributed by atoms with Gasteiger partial charge in [-0.2, -0.15) is 0 Å². The number of hydrogen-bond acceptors (Lipinski definition) is 4. The van der Waals surface area contributed by atoms with Gasteiger partial charge in [-0.3, -0.25) is 10.1 Å². The van der Waals surface area contributed by atoms with E-state index >= 15 is 0 Å². The van der Waals surface area contributed by atoms with Crippen molar-refractivity contribution in [1.82, 2.24) is 0 Å². The molecule has 1 aromatic carbocycles. The SMILES string of the molecule is NCC(Nc1ccc([N+](=O)[O-])cc1Cl)C1CCCC1. The lowest BCUT2D eigenvalue weighted by molar-refractivity contribution is -0.384. The van der Waals surface area contributed by atoms with Crippen LogP contribution in [0.4, 0.5) is 11.4 Å². The number of hydrogen-bond donors (Lipinski definition) is 2. The second kappa shape index (κ2) is 6.21. The highest BCUT2D eigenvalue weighted by atomic mass is 35.5. The molecule has 2 rings (SSSR count). The monoisotopic (exact) mass is 283 g/mol. The van der Waals surface area contributed by atoms with Gasteiger partial charge in [0.15, 0.2) is 0 Å². The summed E-state index contributed by atoms with van der Waals surface area (Å²) in [5.41, 5.74) is 6.53. The van der Waals surface area contributed by atoms with Crippen LogP contribution in [0.15, 0.2) is 18.2 Å². The molecule has 0 aliphatic heterocycles. The topological polar surface area (TPSA) is 81.2 Å². The average molecular weight is 284 g/mol. The minimum Gasteiger partial charge on any atom is -0.380 e. The van der Waals surface area contributed by atoms with Crippen LogP contribution >= 0.6 is 11.6 Å². The van der Waals surface area contributed by atoms with E-state index in [1.165, 1.54) is 37.8 Å². The van der Waals surface area contributed by atoms with Crippen LogP contribution in [0.25, 0.3) is 0 Å². The Balaban J connectivity index is 2.10. The summed E-state index contributed by atoms with van der Waals surface area (Å²) in [6, 6.07) is 4.65. The summed E-state index contributed by atoms with van der Waals surface area (Å²) in [5, 5.41) is 14.4. The number of benzene rings is 1. The van der Waals surface area contributed by atoms with Crippen molar-refractivity contribution < 1.29 is 4.92 Å². The molecule has 5 nitrogen and oxygen atoms in total. The molecule has 1 fully saturated rings. The highest BCUT2D eigenvalue weighted by Gasteiger charge is 2.24. The van der Waals surface area contributed by atoms with Crippen molar-refractivity contribution in [3.8, 4) is 0 Å². The van der Waals surface area contributed by atoms with Crippen LogP contribution in [-0.2, 0) is 0 Å². The minimum atomic E-state index is -0.451. The van der Waals surface area contributed by atoms with E-state index < -0.39 is 4.92 Å². The van der Waals surface area contributed by atoms with Gasteiger partial charge in [0, 0.05) is 24.7 Å². The number of nitrogens with one attached hydrogen (secondary N) is 1. The van der Waals surface area contributed by atoms with Crippen LogP contribution in [-0.4, -0.2) is 17.5 Å². The molecule has 1 atom stereocenters. The normalized spacial score (nSPS) is 17.4. The summed E-state index contributed by atoms with van der Waals surface area (Å²) in [6.45, 7) is 0.540. The van der Waals surface area contributed by atoms with Crippen LogP contribution in [0.2, 0.25) is 5.02 Å². The molecule has 0 amide bonds. The zero-order chi connectivity index (χ0) is 13.8. The molecule has 3 N–H and O–H groups in total. The summed E-state index contributed by atoms with van der Waals surface area (Å²) in [4.78, 5) is 10.2. The van der Waals surface area contributed by atoms with Gasteiger partial charge >= 0.3 is 0 Å². The maximum absolute atomic E-state index is 10.7. The van der Waals surface area contributed by atoms with E-state index in [4.69, 9.17) is 17.3 Å². The zero-order valence-corrected chi connectivity index (χ0v) is 11.4. The number of rotatable bonds is 5. The molecule has 104 valence electrons. The molecular formula is C13H18ClN3O2. The molecule has 0 spiro atoms. The average Bonchev–Trinajstić information content (AvgIpc) is 2.91. The van der Waals surface area contributed by atoms with Crippen LogP contribution in [0.5, 0.6) is 0 Å². The first-order chi connectivity index (χ1) is 9.11. The summed E-state index contributed by atoms with van der Waals surface area (Å²) in [6.07, 6.45) is 4.85. The quantitative estimate of drug-likeness (QED) is 0.642. The molecule has 0 heterocycles. The predicted octanol–water partition coefficient (Wildman–Crippen LogP) is 3.18. The molecule has 19 heavy (non-hydrogen) atoms.